The third kappa shape index (κ3) is 3.21. The molecular formula is C12H12ClF5N2. The Labute approximate surface area is 117 Å². The number of nitrogens with one attached hydrogen (secondary N) is 1. The molecule has 112 valence electrons. The molecule has 1 N–H and O–H groups in total. The summed E-state index contributed by atoms with van der Waals surface area (Å²) in [7, 11) is 0. The molecule has 1 aliphatic heterocycles. The zero-order chi connectivity index (χ0) is 14.9. The fourth-order valence-electron chi connectivity index (χ4n) is 2.31. The predicted molar refractivity (Wildman–Crippen MR) is 64.6 cm³/mol. The molecule has 0 aromatic heterocycles. The lowest BCUT2D eigenvalue weighted by atomic mass is 10.0. The Morgan fingerprint density at radius 2 is 1.60 bits per heavy atom. The number of piperazine rings is 1. The van der Waals surface area contributed by atoms with Crippen LogP contribution in [0.3, 0.4) is 0 Å². The molecule has 0 radical (unpaired) electrons. The van der Waals surface area contributed by atoms with Gasteiger partial charge in [0.1, 0.15) is 17.7 Å². The molecule has 0 bridgehead atoms. The van der Waals surface area contributed by atoms with Gasteiger partial charge in [-0.2, -0.15) is 13.2 Å². The zero-order valence-electron chi connectivity index (χ0n) is 10.3. The van der Waals surface area contributed by atoms with Gasteiger partial charge in [0.25, 0.3) is 0 Å². The summed E-state index contributed by atoms with van der Waals surface area (Å²) in [6.45, 7) is 0.796. The smallest absolute Gasteiger partial charge is 0.314 e. The summed E-state index contributed by atoms with van der Waals surface area (Å²) in [5, 5.41) is 2.62. The summed E-state index contributed by atoms with van der Waals surface area (Å²) in [5.41, 5.74) is -0.996. The molecule has 8 heteroatoms. The fraction of sp³-hybridized carbons (Fsp3) is 0.500. The Bertz CT molecular complexity index is 462. The molecule has 1 aromatic carbocycles. The maximum Gasteiger partial charge on any atom is 0.408 e. The van der Waals surface area contributed by atoms with Crippen LogP contribution < -0.4 is 5.32 Å². The second-order valence-corrected chi connectivity index (χ2v) is 4.95. The van der Waals surface area contributed by atoms with Crippen molar-refractivity contribution in [3.8, 4) is 0 Å². The van der Waals surface area contributed by atoms with Crippen LogP contribution in [0.5, 0.6) is 0 Å². The van der Waals surface area contributed by atoms with Crippen LogP contribution in [0.15, 0.2) is 12.1 Å². The van der Waals surface area contributed by atoms with Gasteiger partial charge in [0.15, 0.2) is 0 Å². The largest absolute Gasteiger partial charge is 0.408 e. The highest BCUT2D eigenvalue weighted by molar-refractivity contribution is 6.30. The minimum atomic E-state index is -4.77. The number of hydrogen-bond acceptors (Lipinski definition) is 2. The van der Waals surface area contributed by atoms with Gasteiger partial charge in [-0.25, -0.2) is 8.78 Å². The van der Waals surface area contributed by atoms with Crippen LogP contribution in [0.1, 0.15) is 11.6 Å². The Morgan fingerprint density at radius 1 is 1.10 bits per heavy atom. The second kappa shape index (κ2) is 5.83. The van der Waals surface area contributed by atoms with E-state index < -0.39 is 29.4 Å². The van der Waals surface area contributed by atoms with E-state index in [9.17, 15) is 22.0 Å². The van der Waals surface area contributed by atoms with E-state index in [2.05, 4.69) is 5.32 Å². The van der Waals surface area contributed by atoms with Gasteiger partial charge in [0.05, 0.1) is 0 Å². The number of nitrogens with zero attached hydrogens (tertiary/aromatic N) is 1. The number of alkyl halides is 3. The highest BCUT2D eigenvalue weighted by atomic mass is 35.5. The molecule has 1 aromatic rings. The predicted octanol–water partition coefficient (Wildman–Crippen LogP) is 3.13. The summed E-state index contributed by atoms with van der Waals surface area (Å²) in [4.78, 5) is 1.02. The second-order valence-electron chi connectivity index (χ2n) is 4.51. The monoisotopic (exact) mass is 314 g/mol. The van der Waals surface area contributed by atoms with E-state index in [4.69, 9.17) is 11.6 Å². The van der Waals surface area contributed by atoms with Crippen molar-refractivity contribution in [3.63, 3.8) is 0 Å². The van der Waals surface area contributed by atoms with E-state index in [0.29, 0.717) is 25.2 Å². The van der Waals surface area contributed by atoms with E-state index >= 15 is 0 Å². The maximum atomic E-state index is 13.8. The van der Waals surface area contributed by atoms with E-state index in [1.54, 1.807) is 0 Å². The van der Waals surface area contributed by atoms with Crippen LogP contribution in [0.4, 0.5) is 22.0 Å². The van der Waals surface area contributed by atoms with Gasteiger partial charge in [-0.15, -0.1) is 0 Å². The lowest BCUT2D eigenvalue weighted by Gasteiger charge is -2.36. The molecule has 1 fully saturated rings. The molecule has 0 spiro atoms. The van der Waals surface area contributed by atoms with Crippen LogP contribution in [0.25, 0.3) is 0 Å². The van der Waals surface area contributed by atoms with Gasteiger partial charge < -0.3 is 5.32 Å². The van der Waals surface area contributed by atoms with E-state index in [0.717, 1.165) is 4.90 Å². The summed E-state index contributed by atoms with van der Waals surface area (Å²) >= 11 is 5.44. The first-order valence-corrected chi connectivity index (χ1v) is 6.34. The van der Waals surface area contributed by atoms with Crippen molar-refractivity contribution in [2.45, 2.75) is 12.2 Å². The first-order valence-electron chi connectivity index (χ1n) is 5.96. The molecule has 0 aliphatic carbocycles. The minimum Gasteiger partial charge on any atom is -0.314 e. The van der Waals surface area contributed by atoms with Crippen molar-refractivity contribution in [3.05, 3.63) is 34.4 Å². The molecular weight excluding hydrogens is 303 g/mol. The molecule has 2 nitrogen and oxygen atoms in total. The molecule has 1 aliphatic rings. The average molecular weight is 315 g/mol. The van der Waals surface area contributed by atoms with E-state index in [1.165, 1.54) is 0 Å². The molecule has 20 heavy (non-hydrogen) atoms. The number of benzene rings is 1. The standard InChI is InChI=1S/C12H12ClF5N2/c13-7-5-8(14)10(9(15)6-7)11(12(16,17)18)20-3-1-19-2-4-20/h5-6,11,19H,1-4H2/t11-/m0/s1. The maximum absolute atomic E-state index is 13.8. The van der Waals surface area contributed by atoms with Gasteiger partial charge in [-0.3, -0.25) is 4.90 Å². The molecule has 0 saturated carbocycles. The topological polar surface area (TPSA) is 15.3 Å². The molecule has 1 saturated heterocycles. The molecule has 1 atom stereocenters. The van der Waals surface area contributed by atoms with Gasteiger partial charge in [-0.1, -0.05) is 11.6 Å². The summed E-state index contributed by atoms with van der Waals surface area (Å²) in [6.07, 6.45) is -4.77. The van der Waals surface area contributed by atoms with Gasteiger partial charge in [-0.05, 0) is 12.1 Å². The average Bonchev–Trinajstić information content (AvgIpc) is 2.33. The lowest BCUT2D eigenvalue weighted by Crippen LogP contribution is -2.49. The van der Waals surface area contributed by atoms with Crippen molar-refractivity contribution >= 4 is 11.6 Å². The first-order chi connectivity index (χ1) is 9.30. The van der Waals surface area contributed by atoms with E-state index in [-0.39, 0.29) is 18.1 Å². The number of halogens is 6. The normalized spacial score (nSPS) is 19.1. The van der Waals surface area contributed by atoms with Gasteiger partial charge >= 0.3 is 6.18 Å². The van der Waals surface area contributed by atoms with Crippen molar-refractivity contribution in [2.24, 2.45) is 0 Å². The fourth-order valence-corrected chi connectivity index (χ4v) is 2.50. The highest BCUT2D eigenvalue weighted by Crippen LogP contribution is 2.40. The van der Waals surface area contributed by atoms with E-state index in [1.807, 2.05) is 0 Å². The highest BCUT2D eigenvalue weighted by Gasteiger charge is 2.47. The van der Waals surface area contributed by atoms with Crippen LogP contribution in [0.2, 0.25) is 5.02 Å². The van der Waals surface area contributed by atoms with Gasteiger partial charge in [0.2, 0.25) is 0 Å². The van der Waals surface area contributed by atoms with Crippen molar-refractivity contribution in [1.29, 1.82) is 0 Å². The Hall–Kier alpha value is -0.920. The zero-order valence-corrected chi connectivity index (χ0v) is 11.0. The van der Waals surface area contributed by atoms with Crippen LogP contribution in [-0.4, -0.2) is 37.3 Å². The summed E-state index contributed by atoms with van der Waals surface area (Å²) < 4.78 is 67.2. The SMILES string of the molecule is Fc1cc(Cl)cc(F)c1[C@H](N1CCNCC1)C(F)(F)F. The van der Waals surface area contributed by atoms with Crippen LogP contribution in [0, 0.1) is 11.6 Å². The van der Waals surface area contributed by atoms with Crippen molar-refractivity contribution < 1.29 is 22.0 Å². The Morgan fingerprint density at radius 3 is 2.05 bits per heavy atom. The Kier molecular flexibility index (Phi) is 4.51. The van der Waals surface area contributed by atoms with Crippen LogP contribution >= 0.6 is 11.6 Å². The lowest BCUT2D eigenvalue weighted by molar-refractivity contribution is -0.189. The molecule has 1 heterocycles. The molecule has 0 amide bonds. The van der Waals surface area contributed by atoms with Gasteiger partial charge in [0, 0.05) is 36.8 Å². The summed E-state index contributed by atoms with van der Waals surface area (Å²) in [5.74, 6) is -2.56. The summed E-state index contributed by atoms with van der Waals surface area (Å²) in [6, 6.07) is -0.913. The molecule has 2 rings (SSSR count). The minimum absolute atomic E-state index is 0.0612. The number of hydrogen-bond donors (Lipinski definition) is 1. The van der Waals surface area contributed by atoms with Crippen LogP contribution in [-0.2, 0) is 0 Å². The van der Waals surface area contributed by atoms with Crippen molar-refractivity contribution in [2.75, 3.05) is 26.2 Å². The third-order valence-corrected chi connectivity index (χ3v) is 3.36. The van der Waals surface area contributed by atoms with Crippen molar-refractivity contribution in [1.82, 2.24) is 10.2 Å². The number of rotatable bonds is 2. The molecule has 0 unspecified atom stereocenters. The third-order valence-electron chi connectivity index (χ3n) is 3.14. The first kappa shape index (κ1) is 15.5. The quantitative estimate of drug-likeness (QED) is 0.844. The Balaban J connectivity index is 2.46.